The molecule has 154 valence electrons. The first-order chi connectivity index (χ1) is 15.0. The molecule has 0 aliphatic carbocycles. The number of nitrogens with two attached hydrogens (primary N) is 1. The van der Waals surface area contributed by atoms with Crippen molar-refractivity contribution >= 4 is 22.5 Å². The molecule has 6 nitrogen and oxygen atoms in total. The molecule has 1 unspecified atom stereocenters. The Morgan fingerprint density at radius 3 is 2.87 bits per heavy atom. The molecular formula is C23H17ClFN5O. The number of hydrogen-bond donors (Lipinski definition) is 2. The summed E-state index contributed by atoms with van der Waals surface area (Å²) in [5, 5.41) is 18.2. The monoisotopic (exact) mass is 433 g/mol. The Bertz CT molecular complexity index is 1390. The molecule has 3 N–H and O–H groups in total. The average molecular weight is 434 g/mol. The number of rotatable bonds is 3. The molecule has 0 amide bonds. The van der Waals surface area contributed by atoms with Crippen molar-refractivity contribution in [1.82, 2.24) is 14.8 Å². The fourth-order valence-corrected chi connectivity index (χ4v) is 4.42. The predicted molar refractivity (Wildman–Crippen MR) is 115 cm³/mol. The van der Waals surface area contributed by atoms with E-state index in [1.807, 2.05) is 42.0 Å². The first kappa shape index (κ1) is 19.2. The molecule has 1 aliphatic heterocycles. The Kier molecular flexibility index (Phi) is 4.45. The molecule has 1 atom stereocenters. The third kappa shape index (κ3) is 2.95. The van der Waals surface area contributed by atoms with Crippen molar-refractivity contribution in [2.24, 2.45) is 5.73 Å². The van der Waals surface area contributed by atoms with Gasteiger partial charge in [-0.25, -0.2) is 4.39 Å². The van der Waals surface area contributed by atoms with Gasteiger partial charge in [0.2, 0.25) is 11.8 Å². The van der Waals surface area contributed by atoms with E-state index in [1.54, 1.807) is 12.1 Å². The molecule has 5 rings (SSSR count). The normalized spacial score (nSPS) is 15.6. The lowest BCUT2D eigenvalue weighted by atomic mass is 9.84. The van der Waals surface area contributed by atoms with Crippen LogP contribution < -0.4 is 10.5 Å². The van der Waals surface area contributed by atoms with E-state index in [9.17, 15) is 9.65 Å². The van der Waals surface area contributed by atoms with Crippen molar-refractivity contribution in [3.63, 3.8) is 0 Å². The summed E-state index contributed by atoms with van der Waals surface area (Å²) in [5.41, 5.74) is 10.1. The first-order valence-electron chi connectivity index (χ1n) is 9.62. The second-order valence-electron chi connectivity index (χ2n) is 7.42. The van der Waals surface area contributed by atoms with Gasteiger partial charge in [-0.2, -0.15) is 5.26 Å². The fraction of sp³-hybridized carbons (Fsp3) is 0.130. The fourth-order valence-electron chi connectivity index (χ4n) is 4.20. The largest absolute Gasteiger partial charge is 0.420 e. The minimum Gasteiger partial charge on any atom is -0.420 e. The zero-order valence-corrected chi connectivity index (χ0v) is 17.2. The van der Waals surface area contributed by atoms with Crippen LogP contribution in [0.3, 0.4) is 0 Å². The third-order valence-electron chi connectivity index (χ3n) is 5.65. The first-order valence-corrected chi connectivity index (χ1v) is 10.0. The van der Waals surface area contributed by atoms with Gasteiger partial charge < -0.3 is 15.0 Å². The number of halogens is 2. The summed E-state index contributed by atoms with van der Waals surface area (Å²) in [6.45, 7) is 2.12. The van der Waals surface area contributed by atoms with Crippen molar-refractivity contribution in [3.05, 3.63) is 93.3 Å². The lowest BCUT2D eigenvalue weighted by Gasteiger charge is -2.23. The molecule has 0 radical (unpaired) electrons. The second kappa shape index (κ2) is 7.18. The van der Waals surface area contributed by atoms with Crippen LogP contribution in [0, 0.1) is 24.1 Å². The molecule has 0 spiro atoms. The third-order valence-corrected chi connectivity index (χ3v) is 6.00. The molecule has 2 aromatic heterocycles. The molecule has 2 aromatic carbocycles. The average Bonchev–Trinajstić information content (AvgIpc) is 3.30. The van der Waals surface area contributed by atoms with Gasteiger partial charge in [-0.1, -0.05) is 35.9 Å². The summed E-state index contributed by atoms with van der Waals surface area (Å²) in [7, 11) is 0. The molecule has 1 aliphatic rings. The minimum absolute atomic E-state index is 0.0282. The molecule has 0 saturated heterocycles. The van der Waals surface area contributed by atoms with E-state index < -0.39 is 5.92 Å². The Morgan fingerprint density at radius 2 is 2.10 bits per heavy atom. The Morgan fingerprint density at radius 1 is 1.29 bits per heavy atom. The van der Waals surface area contributed by atoms with Gasteiger partial charge in [-0.3, -0.25) is 5.10 Å². The SMILES string of the molecule is Cc1[nH]nc2c1C(c1cn(Cc3c(F)cccc3Cl)c3ccccc13)C(C#N)=C(N)O2. The van der Waals surface area contributed by atoms with E-state index in [0.717, 1.165) is 27.7 Å². The second-order valence-corrected chi connectivity index (χ2v) is 7.83. The number of aryl methyl sites for hydroxylation is 1. The van der Waals surface area contributed by atoms with Crippen LogP contribution in [0.2, 0.25) is 5.02 Å². The van der Waals surface area contributed by atoms with Gasteiger partial charge in [0.15, 0.2) is 0 Å². The van der Waals surface area contributed by atoms with E-state index in [-0.39, 0.29) is 18.2 Å². The lowest BCUT2D eigenvalue weighted by Crippen LogP contribution is -2.21. The standard InChI is InChI=1S/C23H17ClFN5O/c1-12-20-21(14(9-26)22(27)31-23(20)29-28-12)15-10-30(19-8-3-2-5-13(15)19)11-16-17(24)6-4-7-18(16)25/h2-8,10,21H,11,27H2,1H3,(H,28,29). The molecule has 0 bridgehead atoms. The van der Waals surface area contributed by atoms with Crippen LogP contribution in [-0.2, 0) is 6.54 Å². The molecule has 4 aromatic rings. The topological polar surface area (TPSA) is 92.7 Å². The van der Waals surface area contributed by atoms with Gasteiger partial charge in [0, 0.05) is 38.9 Å². The number of aromatic amines is 1. The number of fused-ring (bicyclic) bond motifs is 2. The van der Waals surface area contributed by atoms with Crippen LogP contribution in [0.15, 0.2) is 60.1 Å². The van der Waals surface area contributed by atoms with Crippen molar-refractivity contribution in [1.29, 1.82) is 5.26 Å². The van der Waals surface area contributed by atoms with Crippen LogP contribution in [-0.4, -0.2) is 14.8 Å². The van der Waals surface area contributed by atoms with Gasteiger partial charge >= 0.3 is 0 Å². The maximum atomic E-state index is 14.5. The van der Waals surface area contributed by atoms with Crippen molar-refractivity contribution in [3.8, 4) is 11.9 Å². The van der Waals surface area contributed by atoms with Crippen LogP contribution >= 0.6 is 11.6 Å². The highest BCUT2D eigenvalue weighted by Crippen LogP contribution is 2.45. The molecule has 0 fully saturated rings. The van der Waals surface area contributed by atoms with Crippen LogP contribution in [0.25, 0.3) is 10.9 Å². The number of aromatic nitrogens is 3. The summed E-state index contributed by atoms with van der Waals surface area (Å²) in [5.74, 6) is -0.448. The molecule has 0 saturated carbocycles. The van der Waals surface area contributed by atoms with E-state index in [2.05, 4.69) is 16.3 Å². The van der Waals surface area contributed by atoms with Gasteiger partial charge in [0.05, 0.1) is 12.5 Å². The zero-order chi connectivity index (χ0) is 21.7. The number of para-hydroxylation sites is 1. The van der Waals surface area contributed by atoms with Crippen LogP contribution in [0.4, 0.5) is 4.39 Å². The van der Waals surface area contributed by atoms with Crippen molar-refractivity contribution < 1.29 is 9.13 Å². The summed E-state index contributed by atoms with van der Waals surface area (Å²) in [6, 6.07) is 14.6. The smallest absolute Gasteiger partial charge is 0.244 e. The number of hydrogen-bond acceptors (Lipinski definition) is 4. The number of nitriles is 1. The Balaban J connectivity index is 1.74. The Hall–Kier alpha value is -3.76. The molecule has 3 heterocycles. The van der Waals surface area contributed by atoms with Gasteiger partial charge in [-0.15, -0.1) is 5.10 Å². The number of ether oxygens (including phenoxy) is 1. The van der Waals surface area contributed by atoms with Crippen molar-refractivity contribution in [2.75, 3.05) is 0 Å². The van der Waals surface area contributed by atoms with Crippen molar-refractivity contribution in [2.45, 2.75) is 19.4 Å². The zero-order valence-electron chi connectivity index (χ0n) is 16.5. The highest BCUT2D eigenvalue weighted by molar-refractivity contribution is 6.31. The summed E-state index contributed by atoms with van der Waals surface area (Å²) >= 11 is 6.27. The van der Waals surface area contributed by atoms with Gasteiger partial charge in [0.25, 0.3) is 0 Å². The number of allylic oxidation sites excluding steroid dienone is 1. The van der Waals surface area contributed by atoms with Crippen LogP contribution in [0.1, 0.15) is 28.3 Å². The number of H-pyrrole nitrogens is 1. The molecule has 8 heteroatoms. The van der Waals surface area contributed by atoms with Crippen LogP contribution in [0.5, 0.6) is 5.88 Å². The van der Waals surface area contributed by atoms with E-state index in [1.165, 1.54) is 6.07 Å². The Labute approximate surface area is 182 Å². The summed E-state index contributed by atoms with van der Waals surface area (Å²) < 4.78 is 22.0. The molecular weight excluding hydrogens is 417 g/mol. The lowest BCUT2D eigenvalue weighted by molar-refractivity contribution is 0.379. The molecule has 31 heavy (non-hydrogen) atoms. The number of benzene rings is 2. The van der Waals surface area contributed by atoms with Gasteiger partial charge in [-0.05, 0) is 30.7 Å². The van der Waals surface area contributed by atoms with E-state index in [4.69, 9.17) is 22.1 Å². The highest BCUT2D eigenvalue weighted by atomic mass is 35.5. The summed E-state index contributed by atoms with van der Waals surface area (Å²) in [6.07, 6.45) is 1.92. The summed E-state index contributed by atoms with van der Waals surface area (Å²) in [4.78, 5) is 0. The maximum Gasteiger partial charge on any atom is 0.244 e. The van der Waals surface area contributed by atoms with E-state index in [0.29, 0.717) is 22.0 Å². The quantitative estimate of drug-likeness (QED) is 0.488. The number of nitrogens with zero attached hydrogens (tertiary/aromatic N) is 3. The predicted octanol–water partition coefficient (Wildman–Crippen LogP) is 4.73. The van der Waals surface area contributed by atoms with E-state index >= 15 is 0 Å². The van der Waals surface area contributed by atoms with Gasteiger partial charge in [0.1, 0.15) is 17.5 Å². The minimum atomic E-state index is -0.463. The maximum absolute atomic E-state index is 14.5. The number of nitrogens with one attached hydrogen (secondary N) is 1. The highest BCUT2D eigenvalue weighted by Gasteiger charge is 2.36.